The van der Waals surface area contributed by atoms with Crippen molar-refractivity contribution in [2.45, 2.75) is 38.5 Å². The Balaban J connectivity index is 0.00000192. The summed E-state index contributed by atoms with van der Waals surface area (Å²) >= 11 is 0. The molecule has 0 aliphatic heterocycles. The normalized spacial score (nSPS) is 28.1. The standard InChI is InChI=1S/C17H20O4S.3H2O/c1-16(2)13-8-9-17(16,3)14(15(13)18)10-11-4-6-12(7-5-11)22(19,20)21;;;/h4-7,10,13H,8-9H2,1-3H3,(H,19,20,21);3*1H2/b14-10+;;;. The summed E-state index contributed by atoms with van der Waals surface area (Å²) in [6.07, 6.45) is 3.82. The number of hydrogen-bond donors (Lipinski definition) is 1. The lowest BCUT2D eigenvalue weighted by Gasteiger charge is -2.34. The maximum Gasteiger partial charge on any atom is 0.294 e. The van der Waals surface area contributed by atoms with Crippen molar-refractivity contribution in [3.8, 4) is 0 Å². The van der Waals surface area contributed by atoms with Gasteiger partial charge in [0, 0.05) is 16.9 Å². The van der Waals surface area contributed by atoms with E-state index in [4.69, 9.17) is 4.55 Å². The molecule has 8 heteroatoms. The van der Waals surface area contributed by atoms with E-state index < -0.39 is 10.1 Å². The van der Waals surface area contributed by atoms with Gasteiger partial charge in [-0.05, 0) is 42.0 Å². The van der Waals surface area contributed by atoms with Gasteiger partial charge in [0.2, 0.25) is 0 Å². The van der Waals surface area contributed by atoms with Gasteiger partial charge in [0.1, 0.15) is 0 Å². The first-order valence-corrected chi connectivity index (χ1v) is 8.85. The first-order chi connectivity index (χ1) is 10.1. The minimum absolute atomic E-state index is 0. The van der Waals surface area contributed by atoms with Crippen LogP contribution in [0.1, 0.15) is 39.2 Å². The van der Waals surface area contributed by atoms with Gasteiger partial charge in [-0.1, -0.05) is 32.9 Å². The minimum atomic E-state index is -4.18. The van der Waals surface area contributed by atoms with E-state index in [1.54, 1.807) is 12.1 Å². The highest BCUT2D eigenvalue weighted by molar-refractivity contribution is 7.85. The molecule has 2 atom stereocenters. The van der Waals surface area contributed by atoms with Crippen molar-refractivity contribution in [2.24, 2.45) is 16.7 Å². The number of allylic oxidation sites excluding steroid dienone is 1. The number of Topliss-reactive ketones (excluding diaryl/α,β-unsaturated/α-hetero) is 1. The van der Waals surface area contributed by atoms with Crippen LogP contribution in [0.4, 0.5) is 0 Å². The van der Waals surface area contributed by atoms with E-state index in [1.165, 1.54) is 12.1 Å². The molecule has 2 aliphatic carbocycles. The van der Waals surface area contributed by atoms with E-state index in [9.17, 15) is 13.2 Å². The molecule has 2 unspecified atom stereocenters. The molecule has 3 rings (SSSR count). The molecular formula is C17H26O7S. The summed E-state index contributed by atoms with van der Waals surface area (Å²) < 4.78 is 31.1. The Bertz CT molecular complexity index is 778. The second kappa shape index (κ2) is 6.97. The molecule has 25 heavy (non-hydrogen) atoms. The SMILES string of the molecule is CC12CCC(C(=O)/C1=C\c1ccc(S(=O)(=O)O)cc1)C2(C)C.O.O.O. The van der Waals surface area contributed by atoms with Gasteiger partial charge < -0.3 is 16.4 Å². The highest BCUT2D eigenvalue weighted by atomic mass is 32.2. The molecule has 0 saturated heterocycles. The Labute approximate surface area is 147 Å². The van der Waals surface area contributed by atoms with Gasteiger partial charge in [-0.2, -0.15) is 8.42 Å². The van der Waals surface area contributed by atoms with Crippen LogP contribution in [0.25, 0.3) is 6.08 Å². The predicted molar refractivity (Wildman–Crippen MR) is 94.7 cm³/mol. The molecule has 2 fully saturated rings. The minimum Gasteiger partial charge on any atom is -0.412 e. The topological polar surface area (TPSA) is 166 Å². The molecule has 1 aromatic carbocycles. The third kappa shape index (κ3) is 3.28. The van der Waals surface area contributed by atoms with Crippen LogP contribution in [0, 0.1) is 16.7 Å². The molecule has 0 radical (unpaired) electrons. The average Bonchev–Trinajstić information content (AvgIpc) is 2.72. The van der Waals surface area contributed by atoms with Gasteiger partial charge in [0.15, 0.2) is 5.78 Å². The van der Waals surface area contributed by atoms with Gasteiger partial charge in [-0.15, -0.1) is 0 Å². The van der Waals surface area contributed by atoms with E-state index in [1.807, 2.05) is 6.08 Å². The fourth-order valence-electron chi connectivity index (χ4n) is 4.03. The van der Waals surface area contributed by atoms with Crippen molar-refractivity contribution in [1.82, 2.24) is 0 Å². The van der Waals surface area contributed by atoms with Crippen molar-refractivity contribution in [2.75, 3.05) is 0 Å². The molecule has 0 amide bonds. The Kier molecular flexibility index (Phi) is 6.53. The Morgan fingerprint density at radius 3 is 2.00 bits per heavy atom. The van der Waals surface area contributed by atoms with Crippen molar-refractivity contribution in [3.05, 3.63) is 35.4 Å². The summed E-state index contributed by atoms with van der Waals surface area (Å²) in [4.78, 5) is 12.5. The second-order valence-electron chi connectivity index (χ2n) is 7.11. The molecule has 7 nitrogen and oxygen atoms in total. The van der Waals surface area contributed by atoms with E-state index in [0.717, 1.165) is 24.0 Å². The summed E-state index contributed by atoms with van der Waals surface area (Å²) in [5, 5.41) is 0. The molecule has 7 N–H and O–H groups in total. The summed E-state index contributed by atoms with van der Waals surface area (Å²) in [7, 11) is -4.18. The van der Waals surface area contributed by atoms with Gasteiger partial charge in [0.05, 0.1) is 4.90 Å². The van der Waals surface area contributed by atoms with Gasteiger partial charge >= 0.3 is 0 Å². The average molecular weight is 374 g/mol. The third-order valence-electron chi connectivity index (χ3n) is 5.89. The molecular weight excluding hydrogens is 348 g/mol. The smallest absolute Gasteiger partial charge is 0.294 e. The predicted octanol–water partition coefficient (Wildman–Crippen LogP) is 0.868. The number of hydrogen-bond acceptors (Lipinski definition) is 3. The number of benzene rings is 1. The second-order valence-corrected chi connectivity index (χ2v) is 8.53. The third-order valence-corrected chi connectivity index (χ3v) is 6.76. The van der Waals surface area contributed by atoms with Crippen LogP contribution in [0.15, 0.2) is 34.7 Å². The van der Waals surface area contributed by atoms with Crippen LogP contribution >= 0.6 is 0 Å². The number of ketones is 1. The number of rotatable bonds is 2. The van der Waals surface area contributed by atoms with Crippen LogP contribution in [0.2, 0.25) is 0 Å². The Morgan fingerprint density at radius 1 is 1.08 bits per heavy atom. The molecule has 0 spiro atoms. The van der Waals surface area contributed by atoms with Crippen molar-refractivity contribution < 1.29 is 34.2 Å². The summed E-state index contributed by atoms with van der Waals surface area (Å²) in [5.74, 6) is 0.304. The van der Waals surface area contributed by atoms with Crippen LogP contribution < -0.4 is 0 Å². The maximum absolute atomic E-state index is 12.6. The van der Waals surface area contributed by atoms with E-state index >= 15 is 0 Å². The number of carbonyl (C=O) groups excluding carboxylic acids is 1. The van der Waals surface area contributed by atoms with E-state index in [2.05, 4.69) is 20.8 Å². The zero-order chi connectivity index (χ0) is 16.3. The molecule has 1 aromatic rings. The van der Waals surface area contributed by atoms with Gasteiger partial charge in [-0.25, -0.2) is 0 Å². The van der Waals surface area contributed by atoms with Crippen LogP contribution in [0.5, 0.6) is 0 Å². The molecule has 2 bridgehead atoms. The fourth-order valence-corrected chi connectivity index (χ4v) is 4.51. The first-order valence-electron chi connectivity index (χ1n) is 7.41. The highest BCUT2D eigenvalue weighted by Crippen LogP contribution is 2.66. The lowest BCUT2D eigenvalue weighted by molar-refractivity contribution is -0.119. The van der Waals surface area contributed by atoms with Crippen molar-refractivity contribution in [1.29, 1.82) is 0 Å². The number of fused-ring (bicyclic) bond motifs is 2. The summed E-state index contributed by atoms with van der Waals surface area (Å²) in [5.41, 5.74) is 1.45. The Hall–Kier alpha value is -1.58. The lowest BCUT2D eigenvalue weighted by Crippen LogP contribution is -2.27. The van der Waals surface area contributed by atoms with Crippen molar-refractivity contribution >= 4 is 22.0 Å². The highest BCUT2D eigenvalue weighted by Gasteiger charge is 2.63. The monoisotopic (exact) mass is 374 g/mol. The summed E-state index contributed by atoms with van der Waals surface area (Å²) in [6, 6.07) is 5.94. The number of carbonyl (C=O) groups is 1. The molecule has 142 valence electrons. The van der Waals surface area contributed by atoms with Crippen LogP contribution in [-0.2, 0) is 14.9 Å². The van der Waals surface area contributed by atoms with E-state index in [-0.39, 0.29) is 43.9 Å². The largest absolute Gasteiger partial charge is 0.412 e. The Morgan fingerprint density at radius 2 is 1.60 bits per heavy atom. The zero-order valence-corrected chi connectivity index (χ0v) is 15.3. The first kappa shape index (κ1) is 23.4. The van der Waals surface area contributed by atoms with Crippen molar-refractivity contribution in [3.63, 3.8) is 0 Å². The maximum atomic E-state index is 12.6. The van der Waals surface area contributed by atoms with Gasteiger partial charge in [-0.3, -0.25) is 9.35 Å². The molecule has 0 aromatic heterocycles. The van der Waals surface area contributed by atoms with Crippen LogP contribution in [-0.4, -0.2) is 35.2 Å². The van der Waals surface area contributed by atoms with E-state index in [0.29, 0.717) is 0 Å². The zero-order valence-electron chi connectivity index (χ0n) is 14.5. The van der Waals surface area contributed by atoms with Gasteiger partial charge in [0.25, 0.3) is 10.1 Å². The molecule has 2 saturated carbocycles. The lowest BCUT2D eigenvalue weighted by atomic mass is 9.69. The fraction of sp³-hybridized carbons (Fsp3) is 0.471. The quantitative estimate of drug-likeness (QED) is 0.599. The van der Waals surface area contributed by atoms with Crippen LogP contribution in [0.3, 0.4) is 0 Å². The summed E-state index contributed by atoms with van der Waals surface area (Å²) in [6.45, 7) is 6.46. The molecule has 0 heterocycles. The molecule has 2 aliphatic rings.